The standard InChI is InChI=1S/C14H13ClF4O3/c1-3-13(4-2,11(15)20)12(21)22-9-7-5-6-8(10(9)16)14(17,18)19/h5-7H,3-4H2,1-2H3. The first-order valence-corrected chi connectivity index (χ1v) is 6.75. The Morgan fingerprint density at radius 3 is 2.14 bits per heavy atom. The molecule has 0 aliphatic rings. The van der Waals surface area contributed by atoms with Crippen LogP contribution in [-0.4, -0.2) is 11.2 Å². The maximum absolute atomic E-state index is 13.8. The summed E-state index contributed by atoms with van der Waals surface area (Å²) < 4.78 is 56.3. The molecule has 0 spiro atoms. The first-order valence-electron chi connectivity index (χ1n) is 6.38. The van der Waals surface area contributed by atoms with E-state index in [1.807, 2.05) is 0 Å². The van der Waals surface area contributed by atoms with Gasteiger partial charge in [0, 0.05) is 0 Å². The highest BCUT2D eigenvalue weighted by molar-refractivity contribution is 6.66. The average Bonchev–Trinajstić information content (AvgIpc) is 2.41. The van der Waals surface area contributed by atoms with Crippen molar-refractivity contribution in [1.82, 2.24) is 0 Å². The maximum Gasteiger partial charge on any atom is 0.419 e. The largest absolute Gasteiger partial charge is 0.423 e. The first kappa shape index (κ1) is 18.4. The zero-order chi connectivity index (χ0) is 17.1. The Kier molecular flexibility index (Phi) is 5.56. The van der Waals surface area contributed by atoms with Crippen molar-refractivity contribution >= 4 is 22.8 Å². The smallest absolute Gasteiger partial charge is 0.419 e. The second-order valence-electron chi connectivity index (χ2n) is 4.57. The van der Waals surface area contributed by atoms with Gasteiger partial charge in [0.2, 0.25) is 5.24 Å². The van der Waals surface area contributed by atoms with Crippen LogP contribution in [0.2, 0.25) is 0 Å². The van der Waals surface area contributed by atoms with Crippen LogP contribution in [0.1, 0.15) is 32.3 Å². The summed E-state index contributed by atoms with van der Waals surface area (Å²) in [5, 5.41) is -1.00. The van der Waals surface area contributed by atoms with Crippen LogP contribution in [0.3, 0.4) is 0 Å². The average molecular weight is 341 g/mol. The van der Waals surface area contributed by atoms with Gasteiger partial charge in [-0.3, -0.25) is 9.59 Å². The second-order valence-corrected chi connectivity index (χ2v) is 4.91. The number of halogens is 5. The number of esters is 1. The quantitative estimate of drug-likeness (QED) is 0.263. The Bertz CT molecular complexity index is 580. The van der Waals surface area contributed by atoms with Crippen LogP contribution in [0.25, 0.3) is 0 Å². The molecule has 0 saturated carbocycles. The van der Waals surface area contributed by atoms with Gasteiger partial charge in [0.25, 0.3) is 0 Å². The Hall–Kier alpha value is -1.63. The van der Waals surface area contributed by atoms with E-state index in [1.165, 1.54) is 13.8 Å². The molecule has 0 atom stereocenters. The van der Waals surface area contributed by atoms with Crippen molar-refractivity contribution in [2.24, 2.45) is 5.41 Å². The molecular weight excluding hydrogens is 328 g/mol. The third-order valence-corrected chi connectivity index (χ3v) is 3.81. The van der Waals surface area contributed by atoms with Crippen molar-refractivity contribution in [3.05, 3.63) is 29.6 Å². The number of hydrogen-bond donors (Lipinski definition) is 0. The highest BCUT2D eigenvalue weighted by atomic mass is 35.5. The fourth-order valence-corrected chi connectivity index (χ4v) is 2.25. The van der Waals surface area contributed by atoms with Crippen molar-refractivity contribution in [2.45, 2.75) is 32.9 Å². The zero-order valence-electron chi connectivity index (χ0n) is 11.8. The molecule has 0 amide bonds. The van der Waals surface area contributed by atoms with Gasteiger partial charge in [0.15, 0.2) is 11.6 Å². The molecule has 0 saturated heterocycles. The van der Waals surface area contributed by atoms with Crippen molar-refractivity contribution in [3.63, 3.8) is 0 Å². The lowest BCUT2D eigenvalue weighted by atomic mass is 9.84. The second kappa shape index (κ2) is 6.64. The van der Waals surface area contributed by atoms with Gasteiger partial charge in [-0.2, -0.15) is 13.2 Å². The van der Waals surface area contributed by atoms with E-state index in [2.05, 4.69) is 4.74 Å². The van der Waals surface area contributed by atoms with Crippen molar-refractivity contribution in [2.75, 3.05) is 0 Å². The molecule has 0 fully saturated rings. The van der Waals surface area contributed by atoms with Crippen molar-refractivity contribution in [3.8, 4) is 5.75 Å². The summed E-state index contributed by atoms with van der Waals surface area (Å²) >= 11 is 5.39. The fourth-order valence-electron chi connectivity index (χ4n) is 1.90. The Labute approximate surface area is 129 Å². The summed E-state index contributed by atoms with van der Waals surface area (Å²) in [4.78, 5) is 23.5. The molecule has 122 valence electrons. The SMILES string of the molecule is CCC(CC)(C(=O)Cl)C(=O)Oc1cccc(C(F)(F)F)c1F. The van der Waals surface area contributed by atoms with Gasteiger partial charge in [-0.1, -0.05) is 19.9 Å². The van der Waals surface area contributed by atoms with E-state index in [9.17, 15) is 27.2 Å². The molecule has 0 aliphatic carbocycles. The topological polar surface area (TPSA) is 43.4 Å². The third-order valence-electron chi connectivity index (χ3n) is 3.45. The summed E-state index contributed by atoms with van der Waals surface area (Å²) in [5.41, 5.74) is -3.28. The highest BCUT2D eigenvalue weighted by Crippen LogP contribution is 2.36. The molecule has 0 aliphatic heterocycles. The molecule has 22 heavy (non-hydrogen) atoms. The van der Waals surface area contributed by atoms with Crippen LogP contribution >= 0.6 is 11.6 Å². The molecule has 0 radical (unpaired) electrons. The number of hydrogen-bond acceptors (Lipinski definition) is 3. The van der Waals surface area contributed by atoms with Gasteiger partial charge < -0.3 is 4.74 Å². The van der Waals surface area contributed by atoms with Gasteiger partial charge in [-0.15, -0.1) is 0 Å². The predicted molar refractivity (Wildman–Crippen MR) is 70.9 cm³/mol. The van der Waals surface area contributed by atoms with E-state index in [1.54, 1.807) is 0 Å². The lowest BCUT2D eigenvalue weighted by Gasteiger charge is -2.24. The first-order chi connectivity index (χ1) is 10.1. The number of alkyl halides is 3. The van der Waals surface area contributed by atoms with Gasteiger partial charge in [-0.25, -0.2) is 4.39 Å². The fraction of sp³-hybridized carbons (Fsp3) is 0.429. The van der Waals surface area contributed by atoms with Crippen molar-refractivity contribution < 1.29 is 31.9 Å². The predicted octanol–water partition coefficient (Wildman–Crippen LogP) is 4.32. The van der Waals surface area contributed by atoms with Gasteiger partial charge >= 0.3 is 12.1 Å². The summed E-state index contributed by atoms with van der Waals surface area (Å²) in [7, 11) is 0. The summed E-state index contributed by atoms with van der Waals surface area (Å²) in [6.45, 7) is 2.99. The van der Waals surface area contributed by atoms with E-state index >= 15 is 0 Å². The van der Waals surface area contributed by atoms with Crippen LogP contribution in [0.15, 0.2) is 18.2 Å². The van der Waals surface area contributed by atoms with Crippen LogP contribution in [0, 0.1) is 11.2 Å². The van der Waals surface area contributed by atoms with Gasteiger partial charge in [-0.05, 0) is 36.6 Å². The number of ether oxygens (including phenoxy) is 1. The molecule has 0 unspecified atom stereocenters. The Balaban J connectivity index is 3.20. The molecule has 3 nitrogen and oxygen atoms in total. The normalized spacial score (nSPS) is 12.1. The zero-order valence-corrected chi connectivity index (χ0v) is 12.5. The van der Waals surface area contributed by atoms with Crippen LogP contribution in [-0.2, 0) is 15.8 Å². The molecule has 1 aromatic carbocycles. The lowest BCUT2D eigenvalue weighted by molar-refractivity contribution is -0.151. The molecule has 1 rings (SSSR count). The van der Waals surface area contributed by atoms with E-state index in [4.69, 9.17) is 11.6 Å². The number of carbonyl (C=O) groups excluding carboxylic acids is 2. The molecule has 0 N–H and O–H groups in total. The van der Waals surface area contributed by atoms with E-state index in [0.717, 1.165) is 12.1 Å². The minimum absolute atomic E-state index is 0.0226. The van der Waals surface area contributed by atoms with Crippen LogP contribution < -0.4 is 4.74 Å². The summed E-state index contributed by atoms with van der Waals surface area (Å²) in [6, 6.07) is 2.29. The molecule has 0 aromatic heterocycles. The molecule has 0 bridgehead atoms. The van der Waals surface area contributed by atoms with Gasteiger partial charge in [0.1, 0.15) is 5.41 Å². The monoisotopic (exact) mass is 340 g/mol. The number of benzene rings is 1. The van der Waals surface area contributed by atoms with E-state index in [0.29, 0.717) is 6.07 Å². The number of carbonyl (C=O) groups is 2. The van der Waals surface area contributed by atoms with Crippen LogP contribution in [0.5, 0.6) is 5.75 Å². The summed E-state index contributed by atoms with van der Waals surface area (Å²) in [6.07, 6.45) is -4.97. The van der Waals surface area contributed by atoms with E-state index < -0.39 is 39.9 Å². The molecular formula is C14H13ClF4O3. The summed E-state index contributed by atoms with van der Waals surface area (Å²) in [5.74, 6) is -3.80. The van der Waals surface area contributed by atoms with E-state index in [-0.39, 0.29) is 12.8 Å². The molecule has 1 aromatic rings. The molecule has 0 heterocycles. The molecule has 8 heteroatoms. The minimum Gasteiger partial charge on any atom is -0.423 e. The highest BCUT2D eigenvalue weighted by Gasteiger charge is 2.44. The Morgan fingerprint density at radius 1 is 1.18 bits per heavy atom. The Morgan fingerprint density at radius 2 is 1.73 bits per heavy atom. The minimum atomic E-state index is -4.93. The third kappa shape index (κ3) is 3.40. The number of rotatable bonds is 5. The lowest BCUT2D eigenvalue weighted by Crippen LogP contribution is -2.39. The van der Waals surface area contributed by atoms with Crippen molar-refractivity contribution in [1.29, 1.82) is 0 Å². The maximum atomic E-state index is 13.8. The van der Waals surface area contributed by atoms with Gasteiger partial charge in [0.05, 0.1) is 5.56 Å². The van der Waals surface area contributed by atoms with Crippen LogP contribution in [0.4, 0.5) is 17.6 Å².